The molecule has 3 heterocycles. The van der Waals surface area contributed by atoms with E-state index in [1.807, 2.05) is 30.3 Å². The van der Waals surface area contributed by atoms with Gasteiger partial charge in [0.2, 0.25) is 0 Å². The minimum atomic E-state index is -1.78. The number of rotatable bonds is 29. The molecule has 0 radical (unpaired) electrons. The van der Waals surface area contributed by atoms with Crippen molar-refractivity contribution in [2.24, 2.45) is 17.2 Å². The zero-order valence-corrected chi connectivity index (χ0v) is 64.6. The third-order valence-electron chi connectivity index (χ3n) is 16.9. The molecule has 0 saturated carbocycles. The normalized spacial score (nSPS) is 10.7. The van der Waals surface area contributed by atoms with Crippen molar-refractivity contribution < 1.29 is 132 Å². The Hall–Kier alpha value is -9.69. The van der Waals surface area contributed by atoms with Crippen LogP contribution in [0.2, 0.25) is 0 Å². The third kappa shape index (κ3) is 24.9. The molecule has 13 N–H and O–H groups in total. The Morgan fingerprint density at radius 1 is 0.442 bits per heavy atom. The monoisotopic (exact) mass is 1690 g/mol. The van der Waals surface area contributed by atoms with Crippen molar-refractivity contribution in [3.8, 4) is 39.5 Å². The predicted molar refractivity (Wildman–Crippen MR) is 418 cm³/mol. The Balaban J connectivity index is 0.000000244. The molecule has 12 rings (SSSR count). The molecule has 9 aromatic carbocycles. The van der Waals surface area contributed by atoms with Gasteiger partial charge in [0.15, 0.2) is 0 Å². The van der Waals surface area contributed by atoms with Crippen LogP contribution in [0.4, 0.5) is 26.3 Å². The molecule has 0 amide bonds. The summed E-state index contributed by atoms with van der Waals surface area (Å²) in [5.41, 5.74) is 24.2. The first-order chi connectivity index (χ1) is 53.0. The summed E-state index contributed by atoms with van der Waals surface area (Å²) in [5.74, 6) is -2.16. The molecule has 31 heteroatoms. The molecule has 21 nitrogen and oxygen atoms in total. The largest absolute Gasteiger partial charge is 1.00 e. The number of ether oxygens (including phenoxy) is 5. The molecule has 0 bridgehead atoms. The van der Waals surface area contributed by atoms with Gasteiger partial charge in [-0.2, -0.15) is 0 Å². The molecule has 0 spiro atoms. The summed E-state index contributed by atoms with van der Waals surface area (Å²) >= 11 is 2.19. The van der Waals surface area contributed by atoms with Gasteiger partial charge in [0.25, 0.3) is 0 Å². The number of aliphatic hydroxyl groups is 3. The summed E-state index contributed by atoms with van der Waals surface area (Å²) in [5, 5.41) is 56.6. The number of hydrogen-bond donors (Lipinski definition) is 9. The quantitative estimate of drug-likeness (QED) is 0.00910. The van der Waals surface area contributed by atoms with Crippen molar-refractivity contribution in [2.75, 3.05) is 33.0 Å². The number of hydrogen-bond acceptors (Lipinski definition) is 20. The van der Waals surface area contributed by atoms with Crippen molar-refractivity contribution in [1.82, 2.24) is 0 Å². The van der Waals surface area contributed by atoms with Crippen LogP contribution < -0.4 is 55.7 Å². The van der Waals surface area contributed by atoms with E-state index < -0.39 is 59.9 Å². The number of aliphatic hydroxyl groups excluding tert-OH is 3. The molecule has 0 aliphatic carbocycles. The summed E-state index contributed by atoms with van der Waals surface area (Å²) in [6.45, 7) is 4.25. The molecule has 592 valence electrons. The van der Waals surface area contributed by atoms with Gasteiger partial charge in [0.1, 0.15) is 106 Å². The van der Waals surface area contributed by atoms with Gasteiger partial charge in [-0.3, -0.25) is 14.4 Å². The van der Waals surface area contributed by atoms with E-state index in [1.54, 1.807) is 74.5 Å². The van der Waals surface area contributed by atoms with Crippen molar-refractivity contribution in [3.05, 3.63) is 270 Å². The number of aliphatic carboxylic acids is 1. The topological polar surface area (TPSA) is 366 Å². The van der Waals surface area contributed by atoms with Crippen molar-refractivity contribution in [2.45, 2.75) is 91.8 Å². The van der Waals surface area contributed by atoms with Crippen LogP contribution in [-0.2, 0) is 102 Å². The second kappa shape index (κ2) is 44.7. The molecule has 0 aliphatic rings. The number of benzene rings is 9. The molecule has 0 saturated heterocycles. The Bertz CT molecular complexity index is 5210. The van der Waals surface area contributed by atoms with Crippen LogP contribution in [0.5, 0.6) is 17.2 Å². The van der Waals surface area contributed by atoms with Crippen molar-refractivity contribution >= 4 is 98.4 Å². The predicted octanol–water partition coefficient (Wildman–Crippen LogP) is 10.2. The van der Waals surface area contributed by atoms with Gasteiger partial charge >= 0.3 is 43.9 Å². The molecule has 3 aromatic heterocycles. The average Bonchev–Trinajstić information content (AvgIpc) is 1.68. The maximum absolute atomic E-state index is 15.2. The second-order valence-corrected chi connectivity index (χ2v) is 25.9. The van der Waals surface area contributed by atoms with E-state index in [0.717, 1.165) is 37.3 Å². The second-order valence-electron chi connectivity index (χ2n) is 24.7. The van der Waals surface area contributed by atoms with E-state index in [1.165, 1.54) is 66.7 Å². The number of carboxylic acids is 1. The van der Waals surface area contributed by atoms with E-state index >= 15 is 8.78 Å². The van der Waals surface area contributed by atoms with E-state index in [9.17, 15) is 42.2 Å². The fraction of sp³-hybridized carbons (Fsp3) is 0.232. The van der Waals surface area contributed by atoms with Crippen LogP contribution in [0.1, 0.15) is 81.2 Å². The minimum Gasteiger partial charge on any atom is -0.870 e. The molecular weight excluding hydrogens is 1610 g/mol. The first-order valence-corrected chi connectivity index (χ1v) is 35.8. The molecule has 0 aliphatic heterocycles. The molecule has 113 heavy (non-hydrogen) atoms. The van der Waals surface area contributed by atoms with E-state index in [2.05, 4.69) is 22.6 Å². The van der Waals surface area contributed by atoms with Crippen LogP contribution in [-0.4, -0.2) is 94.0 Å². The van der Waals surface area contributed by atoms with Crippen molar-refractivity contribution in [3.63, 3.8) is 0 Å². The fourth-order valence-electron chi connectivity index (χ4n) is 11.8. The van der Waals surface area contributed by atoms with Gasteiger partial charge in [-0.25, -0.2) is 26.3 Å². The number of carbonyl (C=O) groups excluding carboxylic acids is 2. The van der Waals surface area contributed by atoms with Gasteiger partial charge < -0.3 is 90.1 Å². The average molecular weight is 1690 g/mol. The number of carboxylic acid groups (broad SMARTS) is 1. The Kier molecular flexibility index (Phi) is 36.4. The Morgan fingerprint density at radius 3 is 1.14 bits per heavy atom. The summed E-state index contributed by atoms with van der Waals surface area (Å²) in [4.78, 5) is 34.9. The van der Waals surface area contributed by atoms with Gasteiger partial charge in [-0.05, 0) is 162 Å². The Labute approximate surface area is 677 Å². The van der Waals surface area contributed by atoms with Crippen LogP contribution in [0, 0.1) is 38.5 Å². The van der Waals surface area contributed by atoms with Crippen LogP contribution in [0.15, 0.2) is 177 Å². The first-order valence-electron chi connectivity index (χ1n) is 34.7. The first kappa shape index (κ1) is 92.2. The fourth-order valence-corrected chi connectivity index (χ4v) is 12.6. The number of nitrogens with two attached hydrogens (primary N) is 3. The Morgan fingerprint density at radius 2 is 0.788 bits per heavy atom. The SMILES string of the molecule is CCOC(=O)Cc1cc(F)ccc1OCc1cc(-c2cccc(CN)c2F)c2oc(CCO)cc2c1.CCOC(=O)Cc1cc(F)ccc1OCc1cc(I)c2oc(CCO)cc2c1.Cl.NCc1cccc(-c2cc(COc3ccc(F)cc3CC(=O)O)cc3cc(CCO)oc23)c1F.NCc1cccc(B(O)O)c1F.[Li+].[OH-]. The van der Waals surface area contributed by atoms with E-state index in [4.69, 9.17) is 74.4 Å². The maximum Gasteiger partial charge on any atom is 1.00 e. The van der Waals surface area contributed by atoms with Crippen LogP contribution in [0.3, 0.4) is 0 Å². The minimum absolute atomic E-state index is 0. The number of esters is 2. The summed E-state index contributed by atoms with van der Waals surface area (Å²) in [6.07, 6.45) is 0.514. The molecule has 0 atom stereocenters. The number of furan rings is 3. The molecule has 0 unspecified atom stereocenters. The van der Waals surface area contributed by atoms with Gasteiger partial charge in [0.05, 0.1) is 55.9 Å². The third-order valence-corrected chi connectivity index (χ3v) is 17.7. The maximum atomic E-state index is 15.2. The number of carbonyl (C=O) groups is 3. The zero-order chi connectivity index (χ0) is 79.1. The molecular formula is C82H81BClF6ILiN3O18. The van der Waals surface area contributed by atoms with Crippen LogP contribution in [0.25, 0.3) is 55.2 Å². The van der Waals surface area contributed by atoms with Crippen molar-refractivity contribution in [1.29, 1.82) is 0 Å². The van der Waals surface area contributed by atoms with Gasteiger partial charge in [-0.1, -0.05) is 54.6 Å². The number of halogens is 8. The molecule has 0 fully saturated rings. The summed E-state index contributed by atoms with van der Waals surface area (Å²) < 4.78 is 131. The van der Waals surface area contributed by atoms with E-state index in [0.29, 0.717) is 114 Å². The smallest absolute Gasteiger partial charge is 0.870 e. The molecule has 12 aromatic rings. The zero-order valence-electron chi connectivity index (χ0n) is 61.6. The van der Waals surface area contributed by atoms with Gasteiger partial charge in [0, 0.05) is 116 Å². The summed E-state index contributed by atoms with van der Waals surface area (Å²) in [7, 11) is -1.78. The van der Waals surface area contributed by atoms with Gasteiger partial charge in [-0.15, -0.1) is 12.4 Å². The standard InChI is InChI=1S/C28H27F2NO5.C26H23F2NO5.C21H20FIO5.C7H9BFNO2.ClH.Li.H2O/c1-2-34-26(33)14-19-12-21(29)6-7-25(19)35-16-17-10-20-13-22(8-9-32)36-28(20)24(11-17)23-5-3-4-18(15-31)27(23)30;27-19-4-5-23(17(10-19)12-24(31)32)33-14-15-8-18-11-20(6-7-30)34-26(18)22(9-15)21-3-1-2-16(13-29)25(21)28;1-2-26-20(25)11-14-9-16(22)3-4-19(14)27-12-13-7-15-10-17(5-6-24)28-21(15)18(23)8-13;9-7-5(4-10)2-1-3-6(7)8(11)12;;;/h3-7,10-13,32H,2,8-9,14-16,31H2,1H3;1-5,8-11,30H,6-7,12-14,29H2,(H,31,32);3-4,7-10,24H,2,5-6,11-12H2,1H3;1-3,11-12H,4,10H2;1H;;1H2/q;;;;;+1;/p-1. The van der Waals surface area contributed by atoms with Crippen LogP contribution >= 0.6 is 35.0 Å². The summed E-state index contributed by atoms with van der Waals surface area (Å²) in [6, 6.07) is 42.6. The van der Waals surface area contributed by atoms with E-state index in [-0.39, 0.29) is 151 Å². The number of fused-ring (bicyclic) bond motifs is 3.